The third-order valence-corrected chi connectivity index (χ3v) is 0. The Balaban J connectivity index is -0.0000000145. The van der Waals surface area contributed by atoms with Crippen LogP contribution in [0, 0.1) is 46.1 Å². The molecule has 0 atom stereocenters. The van der Waals surface area contributed by atoms with Crippen molar-refractivity contribution in [2.45, 2.75) is 0 Å². The van der Waals surface area contributed by atoms with Crippen molar-refractivity contribution in [1.29, 1.82) is 21.0 Å². The Morgan fingerprint density at radius 3 is 0.571 bits per heavy atom. The van der Waals surface area contributed by atoms with Gasteiger partial charge in [0.15, 0.2) is 0 Å². The molecule has 0 spiro atoms. The summed E-state index contributed by atoms with van der Waals surface area (Å²) in [6.45, 7) is 0. The summed E-state index contributed by atoms with van der Waals surface area (Å²) in [5.41, 5.74) is 0. The first-order valence-electron chi connectivity index (χ1n) is 1.71. The van der Waals surface area contributed by atoms with Gasteiger partial charge in [0.2, 0.25) is 0 Å². The van der Waals surface area contributed by atoms with Crippen molar-refractivity contribution in [3.63, 3.8) is 0 Å². The first kappa shape index (κ1) is 39.8. The maximum absolute atomic E-state index is 8.24. The van der Waals surface area contributed by atoms with Gasteiger partial charge < -0.3 is 20.4 Å². The van der Waals surface area contributed by atoms with E-state index in [0.717, 1.165) is 0 Å². The average molecular weight is 202 g/mol. The second kappa shape index (κ2) is 237. The summed E-state index contributed by atoms with van der Waals surface area (Å²) in [4.78, 5) is 0. The van der Waals surface area contributed by atoms with Gasteiger partial charge in [0, 0.05) is 25.0 Å². The van der Waals surface area contributed by atoms with Gasteiger partial charge in [-0.15, -0.1) is 0 Å². The maximum atomic E-state index is 8.24. The zero-order valence-corrected chi connectivity index (χ0v) is 9.00. The molecule has 0 aliphatic rings. The third-order valence-electron chi connectivity index (χ3n) is 0. The van der Waals surface area contributed by atoms with Gasteiger partial charge >= 0.3 is 38.0 Å². The standard InChI is InChI=1S/4CHNO.B.Na/c4*2-1-3;;/h4*3H;;/q;;;;+3;+1/p-4. The first-order valence-corrected chi connectivity index (χ1v) is 1.71. The van der Waals surface area contributed by atoms with Crippen molar-refractivity contribution in [1.82, 2.24) is 0 Å². The molecule has 0 aromatic rings. The van der Waals surface area contributed by atoms with Crippen LogP contribution in [0.15, 0.2) is 0 Å². The fourth-order valence-electron chi connectivity index (χ4n) is 0. The minimum atomic E-state index is 0. The Kier molecular flexibility index (Phi) is 673. The van der Waals surface area contributed by atoms with Crippen LogP contribution in [0.1, 0.15) is 0 Å². The summed E-state index contributed by atoms with van der Waals surface area (Å²) < 4.78 is 0. The van der Waals surface area contributed by atoms with Crippen LogP contribution < -0.4 is 50.0 Å². The van der Waals surface area contributed by atoms with Crippen molar-refractivity contribution >= 4 is 8.41 Å². The molecule has 0 aromatic heterocycles. The number of hydrogen-bond acceptors (Lipinski definition) is 8. The van der Waals surface area contributed by atoms with Crippen LogP contribution in [0.5, 0.6) is 0 Å². The fraction of sp³-hybridized carbons (Fsp3) is 0. The van der Waals surface area contributed by atoms with E-state index in [9.17, 15) is 0 Å². The molecule has 0 aliphatic carbocycles. The van der Waals surface area contributed by atoms with Gasteiger partial charge in [-0.05, 0) is 0 Å². The van der Waals surface area contributed by atoms with E-state index in [1.54, 1.807) is 0 Å². The van der Waals surface area contributed by atoms with E-state index in [2.05, 4.69) is 0 Å². The van der Waals surface area contributed by atoms with Crippen LogP contribution >= 0.6 is 0 Å². The smallest absolute Gasteiger partial charge is 0.812 e. The van der Waals surface area contributed by atoms with E-state index >= 15 is 0 Å². The van der Waals surface area contributed by atoms with Crippen molar-refractivity contribution in [3.8, 4) is 25.0 Å². The largest absolute Gasteiger partial charge is 3.00 e. The zero-order valence-electron chi connectivity index (χ0n) is 7.00. The molecule has 0 bridgehead atoms. The second-order valence-corrected chi connectivity index (χ2v) is 0.365. The van der Waals surface area contributed by atoms with Crippen LogP contribution in [0.4, 0.5) is 0 Å². The third kappa shape index (κ3) is 276. The molecule has 0 rings (SSSR count). The molecule has 0 aliphatic heterocycles. The zero-order chi connectivity index (χ0) is 10.8. The Bertz CT molecular complexity index is 163. The minimum Gasteiger partial charge on any atom is -0.812 e. The number of rotatable bonds is 0. The number of nitrogens with zero attached hydrogens (tertiary/aromatic N) is 4. The summed E-state index contributed by atoms with van der Waals surface area (Å²) in [5.74, 6) is 0. The Morgan fingerprint density at radius 1 is 0.571 bits per heavy atom. The molecule has 8 nitrogen and oxygen atoms in total. The van der Waals surface area contributed by atoms with Gasteiger partial charge in [0.25, 0.3) is 0 Å². The van der Waals surface area contributed by atoms with Crippen molar-refractivity contribution in [2.75, 3.05) is 0 Å². The molecular formula is C4BN4NaO4. The Hall–Kier alpha value is -1.78. The van der Waals surface area contributed by atoms with Gasteiger partial charge in [-0.25, -0.2) is 21.0 Å². The second-order valence-electron chi connectivity index (χ2n) is 0.365. The molecule has 64 valence electrons. The Morgan fingerprint density at radius 2 is 0.571 bits per heavy atom. The molecule has 0 amide bonds. The average Bonchev–Trinajstić information content (AvgIpc) is 1.92. The van der Waals surface area contributed by atoms with Gasteiger partial charge in [-0.1, -0.05) is 0 Å². The molecule has 0 aromatic carbocycles. The van der Waals surface area contributed by atoms with Gasteiger partial charge in [0.05, 0.1) is 0 Å². The van der Waals surface area contributed by atoms with E-state index in [-0.39, 0.29) is 38.0 Å². The molecule has 0 saturated carbocycles. The van der Waals surface area contributed by atoms with Crippen LogP contribution in [0.3, 0.4) is 0 Å². The molecule has 0 heterocycles. The molecule has 0 fully saturated rings. The first-order chi connectivity index (χ1) is 5.66. The van der Waals surface area contributed by atoms with Crippen molar-refractivity contribution < 1.29 is 50.0 Å². The van der Waals surface area contributed by atoms with Crippen LogP contribution in [-0.2, 0) is 0 Å². The van der Waals surface area contributed by atoms with E-state index in [4.69, 9.17) is 41.5 Å². The summed E-state index contributed by atoms with van der Waals surface area (Å²) in [5, 5.41) is 60.0. The van der Waals surface area contributed by atoms with E-state index < -0.39 is 0 Å². The van der Waals surface area contributed by atoms with E-state index in [0.29, 0.717) is 25.0 Å². The Labute approximate surface area is 104 Å². The maximum Gasteiger partial charge on any atom is 3.00 e. The van der Waals surface area contributed by atoms with Crippen molar-refractivity contribution in [2.24, 2.45) is 0 Å². The molecule has 0 unspecified atom stereocenters. The monoisotopic (exact) mass is 202 g/mol. The summed E-state index contributed by atoms with van der Waals surface area (Å²) >= 11 is 0. The van der Waals surface area contributed by atoms with Gasteiger partial charge in [0.1, 0.15) is 0 Å². The normalized spacial score (nSPS) is 2.00. The van der Waals surface area contributed by atoms with Gasteiger partial charge in [-0.2, -0.15) is 0 Å². The van der Waals surface area contributed by atoms with Crippen LogP contribution in [-0.4, -0.2) is 8.41 Å². The summed E-state index contributed by atoms with van der Waals surface area (Å²) in [6.07, 6.45) is 2.00. The molecular weight excluding hydrogens is 202 g/mol. The topological polar surface area (TPSA) is 187 Å². The predicted octanol–water partition coefficient (Wildman–Crippen LogP) is -8.07. The van der Waals surface area contributed by atoms with E-state index in [1.807, 2.05) is 0 Å². The molecule has 10 heteroatoms. The molecule has 14 heavy (non-hydrogen) atoms. The molecule has 0 radical (unpaired) electrons. The SMILES string of the molecule is N#C[O-].N#C[O-].N#C[O-].N#C[O-].[B+3].[Na+]. The minimum absolute atomic E-state index is 0. The fourth-order valence-corrected chi connectivity index (χ4v) is 0. The van der Waals surface area contributed by atoms with Gasteiger partial charge in [-0.3, -0.25) is 0 Å². The van der Waals surface area contributed by atoms with Crippen LogP contribution in [0.25, 0.3) is 0 Å². The van der Waals surface area contributed by atoms with E-state index in [1.165, 1.54) is 0 Å². The van der Waals surface area contributed by atoms with Crippen LogP contribution in [0.2, 0.25) is 0 Å². The summed E-state index contributed by atoms with van der Waals surface area (Å²) in [7, 11) is 0. The number of nitriles is 4. The number of hydrogen-bond donors (Lipinski definition) is 0. The molecule has 0 N–H and O–H groups in total. The predicted molar refractivity (Wildman–Crippen MR) is 28.2 cm³/mol. The van der Waals surface area contributed by atoms with Crippen molar-refractivity contribution in [3.05, 3.63) is 0 Å². The quantitative estimate of drug-likeness (QED) is 0.273. The summed E-state index contributed by atoms with van der Waals surface area (Å²) in [6, 6.07) is 0. The molecule has 0 saturated heterocycles.